The first-order valence-electron chi connectivity index (χ1n) is 6.19. The van der Waals surface area contributed by atoms with Gasteiger partial charge in [0.05, 0.1) is 27.4 Å². The molecule has 1 unspecified atom stereocenters. The molecule has 19 heavy (non-hydrogen) atoms. The Bertz CT molecular complexity index is 492. The zero-order valence-electron chi connectivity index (χ0n) is 11.4. The van der Waals surface area contributed by atoms with E-state index < -0.39 is 6.04 Å². The second kappa shape index (κ2) is 5.81. The average molecular weight is 262 g/mol. The molecule has 0 spiro atoms. The molecule has 2 rings (SSSR count). The van der Waals surface area contributed by atoms with E-state index in [-0.39, 0.29) is 0 Å². The Kier molecular flexibility index (Phi) is 4.13. The molecular weight excluding hydrogens is 244 g/mol. The maximum atomic E-state index is 9.33. The molecule has 5 heteroatoms. The van der Waals surface area contributed by atoms with Gasteiger partial charge in [0.2, 0.25) is 5.75 Å². The number of nitriles is 1. The first kappa shape index (κ1) is 13.5. The number of nitrogens with one attached hydrogen (secondary N) is 1. The minimum absolute atomic E-state index is 0.401. The molecule has 0 radical (unpaired) electrons. The molecule has 1 N–H and O–H groups in total. The van der Waals surface area contributed by atoms with Crippen LogP contribution >= 0.6 is 0 Å². The zero-order chi connectivity index (χ0) is 13.8. The van der Waals surface area contributed by atoms with Crippen molar-refractivity contribution in [2.24, 2.45) is 0 Å². The van der Waals surface area contributed by atoms with Crippen LogP contribution < -0.4 is 19.5 Å². The van der Waals surface area contributed by atoms with Crippen LogP contribution in [0, 0.1) is 11.3 Å². The van der Waals surface area contributed by atoms with Crippen LogP contribution in [-0.2, 0) is 0 Å². The highest BCUT2D eigenvalue weighted by Gasteiger charge is 2.28. The van der Waals surface area contributed by atoms with Gasteiger partial charge in [0.1, 0.15) is 6.04 Å². The van der Waals surface area contributed by atoms with Crippen LogP contribution in [0.5, 0.6) is 17.2 Å². The van der Waals surface area contributed by atoms with E-state index in [1.165, 1.54) is 0 Å². The third kappa shape index (κ3) is 2.74. The molecule has 0 bridgehead atoms. The summed E-state index contributed by atoms with van der Waals surface area (Å²) in [5, 5.41) is 12.6. The van der Waals surface area contributed by atoms with E-state index in [0.29, 0.717) is 23.3 Å². The number of rotatable bonds is 6. The summed E-state index contributed by atoms with van der Waals surface area (Å²) in [5.74, 6) is 1.65. The minimum atomic E-state index is -0.401. The van der Waals surface area contributed by atoms with Crippen molar-refractivity contribution in [3.05, 3.63) is 17.7 Å². The molecule has 0 aliphatic heterocycles. The molecule has 1 aromatic rings. The van der Waals surface area contributed by atoms with E-state index >= 15 is 0 Å². The second-order valence-electron chi connectivity index (χ2n) is 4.43. The van der Waals surface area contributed by atoms with Gasteiger partial charge in [-0.1, -0.05) is 0 Å². The van der Waals surface area contributed by atoms with E-state index in [0.717, 1.165) is 18.4 Å². The van der Waals surface area contributed by atoms with Crippen molar-refractivity contribution in [1.29, 1.82) is 5.26 Å². The Morgan fingerprint density at radius 2 is 1.84 bits per heavy atom. The summed E-state index contributed by atoms with van der Waals surface area (Å²) in [6.07, 6.45) is 2.24. The number of nitrogens with zero attached hydrogens (tertiary/aromatic N) is 1. The third-order valence-electron chi connectivity index (χ3n) is 3.15. The summed E-state index contributed by atoms with van der Waals surface area (Å²) in [6.45, 7) is 0. The maximum absolute atomic E-state index is 9.33. The van der Waals surface area contributed by atoms with Crippen molar-refractivity contribution < 1.29 is 14.2 Å². The fraction of sp³-hybridized carbons (Fsp3) is 0.500. The molecule has 0 amide bonds. The summed E-state index contributed by atoms with van der Waals surface area (Å²) >= 11 is 0. The molecule has 5 nitrogen and oxygen atoms in total. The van der Waals surface area contributed by atoms with E-state index in [2.05, 4.69) is 11.4 Å². The summed E-state index contributed by atoms with van der Waals surface area (Å²) in [5.41, 5.74) is 0.773. The fourth-order valence-electron chi connectivity index (χ4n) is 2.03. The quantitative estimate of drug-likeness (QED) is 0.849. The lowest BCUT2D eigenvalue weighted by molar-refractivity contribution is 0.320. The van der Waals surface area contributed by atoms with Gasteiger partial charge in [0, 0.05) is 11.6 Å². The largest absolute Gasteiger partial charge is 0.493 e. The van der Waals surface area contributed by atoms with Gasteiger partial charge in [-0.2, -0.15) is 5.26 Å². The highest BCUT2D eigenvalue weighted by molar-refractivity contribution is 5.57. The van der Waals surface area contributed by atoms with Crippen molar-refractivity contribution in [2.45, 2.75) is 24.9 Å². The van der Waals surface area contributed by atoms with Crippen molar-refractivity contribution in [1.82, 2.24) is 5.32 Å². The minimum Gasteiger partial charge on any atom is -0.493 e. The summed E-state index contributed by atoms with van der Waals surface area (Å²) in [6, 6.07) is 5.92. The summed E-state index contributed by atoms with van der Waals surface area (Å²) < 4.78 is 16.0. The maximum Gasteiger partial charge on any atom is 0.203 e. The van der Waals surface area contributed by atoms with Crippen LogP contribution in [0.3, 0.4) is 0 Å². The monoisotopic (exact) mass is 262 g/mol. The standard InChI is InChI=1S/C14H18N2O3/c1-17-12-7-6-10(13(18-2)14(12)19-3)11(8-15)16-9-4-5-9/h6-7,9,11,16H,4-5H2,1-3H3. The number of benzene rings is 1. The normalized spacial score (nSPS) is 15.5. The van der Waals surface area contributed by atoms with E-state index in [4.69, 9.17) is 14.2 Å². The van der Waals surface area contributed by atoms with Gasteiger partial charge in [-0.25, -0.2) is 0 Å². The van der Waals surface area contributed by atoms with Gasteiger partial charge in [-0.15, -0.1) is 0 Å². The van der Waals surface area contributed by atoms with E-state index in [1.807, 2.05) is 6.07 Å². The highest BCUT2D eigenvalue weighted by Crippen LogP contribution is 2.42. The van der Waals surface area contributed by atoms with Crippen molar-refractivity contribution in [2.75, 3.05) is 21.3 Å². The molecule has 0 saturated heterocycles. The summed E-state index contributed by atoms with van der Waals surface area (Å²) in [4.78, 5) is 0. The van der Waals surface area contributed by atoms with Gasteiger partial charge in [-0.05, 0) is 25.0 Å². The smallest absolute Gasteiger partial charge is 0.203 e. The Morgan fingerprint density at radius 1 is 1.16 bits per heavy atom. The van der Waals surface area contributed by atoms with Gasteiger partial charge in [0.25, 0.3) is 0 Å². The van der Waals surface area contributed by atoms with Crippen LogP contribution in [0.4, 0.5) is 0 Å². The predicted molar refractivity (Wildman–Crippen MR) is 70.6 cm³/mol. The zero-order valence-corrected chi connectivity index (χ0v) is 11.4. The van der Waals surface area contributed by atoms with Crippen molar-refractivity contribution >= 4 is 0 Å². The average Bonchev–Trinajstić information content (AvgIpc) is 3.26. The molecule has 0 heterocycles. The SMILES string of the molecule is COc1ccc(C(C#N)NC2CC2)c(OC)c1OC. The highest BCUT2D eigenvalue weighted by atomic mass is 16.5. The number of hydrogen-bond acceptors (Lipinski definition) is 5. The molecular formula is C14H18N2O3. The molecule has 0 aromatic heterocycles. The topological polar surface area (TPSA) is 63.5 Å². The van der Waals surface area contributed by atoms with Crippen molar-refractivity contribution in [3.63, 3.8) is 0 Å². The fourth-order valence-corrected chi connectivity index (χ4v) is 2.03. The Hall–Kier alpha value is -1.93. The lowest BCUT2D eigenvalue weighted by atomic mass is 10.1. The van der Waals surface area contributed by atoms with E-state index in [9.17, 15) is 5.26 Å². The molecule has 1 fully saturated rings. The lowest BCUT2D eigenvalue weighted by Crippen LogP contribution is -2.22. The van der Waals surface area contributed by atoms with Gasteiger partial charge >= 0.3 is 0 Å². The predicted octanol–water partition coefficient (Wildman–Crippen LogP) is 2.03. The van der Waals surface area contributed by atoms with Crippen LogP contribution in [0.2, 0.25) is 0 Å². The van der Waals surface area contributed by atoms with Gasteiger partial charge < -0.3 is 14.2 Å². The second-order valence-corrected chi connectivity index (χ2v) is 4.43. The Balaban J connectivity index is 2.40. The first-order valence-corrected chi connectivity index (χ1v) is 6.19. The number of methoxy groups -OCH3 is 3. The number of ether oxygens (including phenoxy) is 3. The Labute approximate surface area is 113 Å². The van der Waals surface area contributed by atoms with Crippen LogP contribution in [0.15, 0.2) is 12.1 Å². The molecule has 102 valence electrons. The lowest BCUT2D eigenvalue weighted by Gasteiger charge is -2.19. The first-order chi connectivity index (χ1) is 9.24. The van der Waals surface area contributed by atoms with Gasteiger partial charge in [-0.3, -0.25) is 5.32 Å². The van der Waals surface area contributed by atoms with Crippen molar-refractivity contribution in [3.8, 4) is 23.3 Å². The van der Waals surface area contributed by atoms with Crippen LogP contribution in [-0.4, -0.2) is 27.4 Å². The van der Waals surface area contributed by atoms with Crippen LogP contribution in [0.1, 0.15) is 24.4 Å². The summed E-state index contributed by atoms with van der Waals surface area (Å²) in [7, 11) is 4.69. The molecule has 1 aliphatic rings. The van der Waals surface area contributed by atoms with Gasteiger partial charge in [0.15, 0.2) is 11.5 Å². The molecule has 1 aliphatic carbocycles. The van der Waals surface area contributed by atoms with Crippen LogP contribution in [0.25, 0.3) is 0 Å². The Morgan fingerprint density at radius 3 is 2.32 bits per heavy atom. The molecule has 1 atom stereocenters. The third-order valence-corrected chi connectivity index (χ3v) is 3.15. The number of hydrogen-bond donors (Lipinski definition) is 1. The molecule has 1 aromatic carbocycles. The molecule has 1 saturated carbocycles. The van der Waals surface area contributed by atoms with E-state index in [1.54, 1.807) is 27.4 Å².